The third kappa shape index (κ3) is 2.50. The minimum absolute atomic E-state index is 0.560. The zero-order valence-corrected chi connectivity index (χ0v) is 12.5. The van der Waals surface area contributed by atoms with Gasteiger partial charge in [-0.1, -0.05) is 0 Å². The van der Waals surface area contributed by atoms with E-state index < -0.39 is 0 Å². The fourth-order valence-corrected chi connectivity index (χ4v) is 3.21. The molecule has 0 fully saturated rings. The zero-order valence-electron chi connectivity index (χ0n) is 11.7. The predicted octanol–water partition coefficient (Wildman–Crippen LogP) is 2.82. The van der Waals surface area contributed by atoms with Crippen molar-refractivity contribution in [3.8, 4) is 11.5 Å². The predicted molar refractivity (Wildman–Crippen MR) is 80.8 cm³/mol. The summed E-state index contributed by atoms with van der Waals surface area (Å²) in [6, 6.07) is 5.72. The molecule has 0 saturated carbocycles. The smallest absolute Gasteiger partial charge is 0.194 e. The van der Waals surface area contributed by atoms with Gasteiger partial charge in [-0.25, -0.2) is 4.98 Å². The first-order valence-corrected chi connectivity index (χ1v) is 7.18. The van der Waals surface area contributed by atoms with Gasteiger partial charge >= 0.3 is 0 Å². The largest absolute Gasteiger partial charge is 0.497 e. The molecule has 0 aliphatic rings. The third-order valence-electron chi connectivity index (χ3n) is 3.26. The normalized spacial score (nSPS) is 10.8. The molecule has 5 nitrogen and oxygen atoms in total. The molecule has 21 heavy (non-hydrogen) atoms. The van der Waals surface area contributed by atoms with Crippen molar-refractivity contribution in [3.63, 3.8) is 0 Å². The summed E-state index contributed by atoms with van der Waals surface area (Å²) in [5.74, 6) is 1.61. The number of hydrogen-bond donors (Lipinski definition) is 0. The lowest BCUT2D eigenvalue weighted by Gasteiger charge is -2.09. The number of ether oxygens (including phenoxy) is 2. The van der Waals surface area contributed by atoms with Gasteiger partial charge in [0, 0.05) is 23.1 Å². The average Bonchev–Trinajstić information content (AvgIpc) is 3.06. The molecule has 2 aromatic heterocycles. The van der Waals surface area contributed by atoms with E-state index in [2.05, 4.69) is 4.98 Å². The highest BCUT2D eigenvalue weighted by molar-refractivity contribution is 7.17. The Labute approximate surface area is 125 Å². The molecule has 0 atom stereocenters. The summed E-state index contributed by atoms with van der Waals surface area (Å²) in [7, 11) is 3.29. The highest BCUT2D eigenvalue weighted by Gasteiger charge is 2.11. The highest BCUT2D eigenvalue weighted by Crippen LogP contribution is 2.29. The number of aromatic nitrogens is 2. The van der Waals surface area contributed by atoms with Crippen LogP contribution in [0.3, 0.4) is 0 Å². The Morgan fingerprint density at radius 2 is 2.19 bits per heavy atom. The van der Waals surface area contributed by atoms with Gasteiger partial charge in [-0.2, -0.15) is 0 Å². The van der Waals surface area contributed by atoms with Crippen LogP contribution in [0.4, 0.5) is 0 Å². The van der Waals surface area contributed by atoms with Crippen molar-refractivity contribution in [3.05, 3.63) is 46.7 Å². The van der Waals surface area contributed by atoms with Crippen molar-refractivity contribution in [1.29, 1.82) is 0 Å². The lowest BCUT2D eigenvalue weighted by molar-refractivity contribution is 0.111. The standard InChI is InChI=1S/C15H14N2O3S/c1-19-12-3-4-14(20-2)10(5-12)6-13-8-17-11(9-18)7-16-15(17)21-13/h3-5,7-9H,6H2,1-2H3. The van der Waals surface area contributed by atoms with Crippen molar-refractivity contribution >= 4 is 22.6 Å². The fraction of sp³-hybridized carbons (Fsp3) is 0.200. The number of nitrogens with zero attached hydrogens (tertiary/aromatic N) is 2. The molecule has 3 rings (SSSR count). The van der Waals surface area contributed by atoms with Crippen molar-refractivity contribution in [2.75, 3.05) is 14.2 Å². The van der Waals surface area contributed by atoms with E-state index >= 15 is 0 Å². The van der Waals surface area contributed by atoms with Crippen LogP contribution in [-0.4, -0.2) is 29.9 Å². The number of carbonyl (C=O) groups excluding carboxylic acids is 1. The van der Waals surface area contributed by atoms with Gasteiger partial charge in [-0.15, -0.1) is 11.3 Å². The minimum Gasteiger partial charge on any atom is -0.497 e. The van der Waals surface area contributed by atoms with Gasteiger partial charge in [0.1, 0.15) is 17.2 Å². The van der Waals surface area contributed by atoms with E-state index in [1.165, 1.54) is 0 Å². The van der Waals surface area contributed by atoms with Crippen LogP contribution in [0.1, 0.15) is 20.9 Å². The monoisotopic (exact) mass is 302 g/mol. The van der Waals surface area contributed by atoms with Crippen molar-refractivity contribution in [2.45, 2.75) is 6.42 Å². The van der Waals surface area contributed by atoms with Gasteiger partial charge < -0.3 is 9.47 Å². The molecule has 0 radical (unpaired) electrons. The van der Waals surface area contributed by atoms with Crippen molar-refractivity contribution in [2.24, 2.45) is 0 Å². The maximum Gasteiger partial charge on any atom is 0.194 e. The van der Waals surface area contributed by atoms with Gasteiger partial charge in [0.25, 0.3) is 0 Å². The van der Waals surface area contributed by atoms with E-state index in [0.29, 0.717) is 12.1 Å². The second kappa shape index (κ2) is 5.57. The van der Waals surface area contributed by atoms with Crippen LogP contribution in [0, 0.1) is 0 Å². The number of fused-ring (bicyclic) bond motifs is 1. The maximum absolute atomic E-state index is 10.9. The number of imidazole rings is 1. The third-order valence-corrected chi connectivity index (χ3v) is 4.26. The van der Waals surface area contributed by atoms with Crippen LogP contribution < -0.4 is 9.47 Å². The molecule has 3 aromatic rings. The summed E-state index contributed by atoms with van der Waals surface area (Å²) in [4.78, 5) is 17.1. The molecule has 6 heteroatoms. The number of methoxy groups -OCH3 is 2. The van der Waals surface area contributed by atoms with E-state index in [-0.39, 0.29) is 0 Å². The molecule has 2 heterocycles. The SMILES string of the molecule is COc1ccc(OC)c(Cc2cn3c(C=O)cnc3s2)c1. The van der Waals surface area contributed by atoms with Crippen LogP contribution >= 0.6 is 11.3 Å². The number of carbonyl (C=O) groups is 1. The number of aldehydes is 1. The van der Waals surface area contributed by atoms with Crippen LogP contribution in [-0.2, 0) is 6.42 Å². The molecular weight excluding hydrogens is 288 g/mol. The molecule has 108 valence electrons. The molecule has 1 aromatic carbocycles. The zero-order chi connectivity index (χ0) is 14.8. The summed E-state index contributed by atoms with van der Waals surface area (Å²) in [6.45, 7) is 0. The van der Waals surface area contributed by atoms with Gasteiger partial charge in [0.15, 0.2) is 11.2 Å². The quantitative estimate of drug-likeness (QED) is 0.680. The van der Waals surface area contributed by atoms with Gasteiger partial charge in [0.05, 0.1) is 20.4 Å². The number of thiazole rings is 1. The van der Waals surface area contributed by atoms with Gasteiger partial charge in [-0.05, 0) is 18.2 Å². The molecule has 0 N–H and O–H groups in total. The van der Waals surface area contributed by atoms with E-state index in [9.17, 15) is 4.79 Å². The number of rotatable bonds is 5. The molecule has 0 aliphatic carbocycles. The first-order chi connectivity index (χ1) is 10.2. The molecule has 0 saturated heterocycles. The Hall–Kier alpha value is -2.34. The minimum atomic E-state index is 0.560. The van der Waals surface area contributed by atoms with Crippen molar-refractivity contribution in [1.82, 2.24) is 9.38 Å². The van der Waals surface area contributed by atoms with E-state index in [1.54, 1.807) is 36.2 Å². The molecule has 0 bridgehead atoms. The number of benzene rings is 1. The Morgan fingerprint density at radius 1 is 1.33 bits per heavy atom. The molecule has 0 unspecified atom stereocenters. The van der Waals surface area contributed by atoms with E-state index in [0.717, 1.165) is 33.2 Å². The van der Waals surface area contributed by atoms with E-state index in [1.807, 2.05) is 24.4 Å². The lowest BCUT2D eigenvalue weighted by atomic mass is 10.1. The molecular formula is C15H14N2O3S. The Bertz CT molecular complexity index is 791. The summed E-state index contributed by atoms with van der Waals surface area (Å²) in [6.07, 6.45) is 5.03. The Kier molecular flexibility index (Phi) is 3.62. The van der Waals surface area contributed by atoms with Crippen molar-refractivity contribution < 1.29 is 14.3 Å². The first-order valence-electron chi connectivity index (χ1n) is 6.37. The van der Waals surface area contributed by atoms with Crippen LogP contribution in [0.2, 0.25) is 0 Å². The Morgan fingerprint density at radius 3 is 2.90 bits per heavy atom. The van der Waals surface area contributed by atoms with Crippen LogP contribution in [0.25, 0.3) is 4.96 Å². The summed E-state index contributed by atoms with van der Waals surface area (Å²) >= 11 is 1.56. The lowest BCUT2D eigenvalue weighted by Crippen LogP contribution is -1.94. The second-order valence-electron chi connectivity index (χ2n) is 4.51. The maximum atomic E-state index is 10.9. The molecule has 0 spiro atoms. The van der Waals surface area contributed by atoms with Gasteiger partial charge in [-0.3, -0.25) is 9.20 Å². The van der Waals surface area contributed by atoms with Gasteiger partial charge in [0.2, 0.25) is 0 Å². The first kappa shape index (κ1) is 13.6. The molecule has 0 aliphatic heterocycles. The summed E-state index contributed by atoms with van der Waals surface area (Å²) < 4.78 is 12.4. The Balaban J connectivity index is 1.97. The second-order valence-corrected chi connectivity index (χ2v) is 5.60. The summed E-state index contributed by atoms with van der Waals surface area (Å²) in [5, 5.41) is 0. The fourth-order valence-electron chi connectivity index (χ4n) is 2.23. The summed E-state index contributed by atoms with van der Waals surface area (Å²) in [5.41, 5.74) is 1.60. The average molecular weight is 302 g/mol. The number of hydrogen-bond acceptors (Lipinski definition) is 5. The van der Waals surface area contributed by atoms with Crippen LogP contribution in [0.15, 0.2) is 30.6 Å². The van der Waals surface area contributed by atoms with Crippen LogP contribution in [0.5, 0.6) is 11.5 Å². The highest BCUT2D eigenvalue weighted by atomic mass is 32.1. The molecule has 0 amide bonds. The van der Waals surface area contributed by atoms with E-state index in [4.69, 9.17) is 9.47 Å². The topological polar surface area (TPSA) is 52.8 Å².